The first-order valence-corrected chi connectivity index (χ1v) is 9.70. The zero-order valence-corrected chi connectivity index (χ0v) is 17.5. The van der Waals surface area contributed by atoms with Crippen LogP contribution in [-0.2, 0) is 57.1 Å². The highest BCUT2D eigenvalue weighted by molar-refractivity contribution is 5.77. The maximum absolute atomic E-state index is 12.5. The van der Waals surface area contributed by atoms with Crippen molar-refractivity contribution >= 4 is 29.8 Å². The van der Waals surface area contributed by atoms with Crippen LogP contribution in [0.25, 0.3) is 0 Å². The quantitative estimate of drug-likeness (QED) is 0.393. The Balaban J connectivity index is 2.08. The molecule has 1 spiro atoms. The minimum absolute atomic E-state index is 0.0642. The number of hydrogen-bond acceptors (Lipinski definition) is 12. The standard InChI is InChI=1S/C19H24O12/c1-8(20)25-7-14-15(27-9(2)21)16(28-10(3)22)17(29-11(4)23)19(31-14)13-5-12(6-26-19)30-18(13)24/h12-17H,5-7H2,1-4H3/t12-,13-,14+,15+,16-,17+,19+/m0/s1. The summed E-state index contributed by atoms with van der Waals surface area (Å²) in [6.07, 6.45) is -5.70. The summed E-state index contributed by atoms with van der Waals surface area (Å²) in [5.74, 6) is -6.51. The molecule has 0 aromatic carbocycles. The normalized spacial score (nSPS) is 36.3. The maximum Gasteiger partial charge on any atom is 0.315 e. The van der Waals surface area contributed by atoms with Crippen LogP contribution < -0.4 is 0 Å². The number of esters is 5. The van der Waals surface area contributed by atoms with Crippen molar-refractivity contribution in [2.24, 2.45) is 5.92 Å². The zero-order valence-electron chi connectivity index (χ0n) is 17.5. The predicted octanol–water partition coefficient (Wildman–Crippen LogP) is -0.598. The SMILES string of the molecule is CC(=O)OC[C@H]1O[C@@]2(OC[C@@H]3C[C@H]2C(=O)O3)[C@H](OC(C)=O)[C@@H](OC(C)=O)[C@@H]1OC(C)=O. The average molecular weight is 444 g/mol. The van der Waals surface area contributed by atoms with Gasteiger partial charge in [0.2, 0.25) is 5.79 Å². The van der Waals surface area contributed by atoms with E-state index in [-0.39, 0.29) is 13.0 Å². The van der Waals surface area contributed by atoms with Crippen molar-refractivity contribution in [3.05, 3.63) is 0 Å². The van der Waals surface area contributed by atoms with Crippen LogP contribution >= 0.6 is 0 Å². The van der Waals surface area contributed by atoms with Gasteiger partial charge < -0.3 is 33.2 Å². The van der Waals surface area contributed by atoms with Gasteiger partial charge in [0.05, 0.1) is 6.61 Å². The van der Waals surface area contributed by atoms with Crippen LogP contribution in [0, 0.1) is 5.92 Å². The molecule has 0 radical (unpaired) electrons. The van der Waals surface area contributed by atoms with Gasteiger partial charge in [-0.25, -0.2) is 0 Å². The Morgan fingerprint density at radius 1 is 0.935 bits per heavy atom. The van der Waals surface area contributed by atoms with Crippen LogP contribution in [0.15, 0.2) is 0 Å². The van der Waals surface area contributed by atoms with Gasteiger partial charge in [-0.15, -0.1) is 0 Å². The summed E-state index contributed by atoms with van der Waals surface area (Å²) in [6.45, 7) is 4.04. The zero-order chi connectivity index (χ0) is 22.9. The van der Waals surface area contributed by atoms with Crippen molar-refractivity contribution in [3.63, 3.8) is 0 Å². The van der Waals surface area contributed by atoms with Crippen LogP contribution in [-0.4, -0.2) is 79.4 Å². The fourth-order valence-corrected chi connectivity index (χ4v) is 4.10. The summed E-state index contributed by atoms with van der Waals surface area (Å²) >= 11 is 0. The highest BCUT2D eigenvalue weighted by Crippen LogP contribution is 2.48. The molecule has 12 heteroatoms. The lowest BCUT2D eigenvalue weighted by atomic mass is 9.81. The number of ether oxygens (including phenoxy) is 7. The Kier molecular flexibility index (Phi) is 6.51. The second kappa shape index (κ2) is 8.79. The molecule has 172 valence electrons. The second-order valence-electron chi connectivity index (χ2n) is 7.52. The van der Waals surface area contributed by atoms with Gasteiger partial charge in [-0.2, -0.15) is 0 Å². The van der Waals surface area contributed by atoms with Gasteiger partial charge in [0.25, 0.3) is 0 Å². The van der Waals surface area contributed by atoms with Crippen molar-refractivity contribution in [1.29, 1.82) is 0 Å². The molecule has 7 atom stereocenters. The fourth-order valence-electron chi connectivity index (χ4n) is 4.10. The lowest BCUT2D eigenvalue weighted by Gasteiger charge is -2.52. The third-order valence-corrected chi connectivity index (χ3v) is 5.12. The summed E-state index contributed by atoms with van der Waals surface area (Å²) in [5, 5.41) is 0. The molecule has 3 heterocycles. The first kappa shape index (κ1) is 22.9. The molecule has 0 aromatic rings. The number of carbonyl (C=O) groups excluding carboxylic acids is 5. The Labute approximate surface area is 177 Å². The highest BCUT2D eigenvalue weighted by Gasteiger charge is 2.69. The summed E-state index contributed by atoms with van der Waals surface area (Å²) in [4.78, 5) is 59.5. The van der Waals surface area contributed by atoms with Crippen molar-refractivity contribution in [2.45, 2.75) is 70.4 Å². The average Bonchev–Trinajstić information content (AvgIpc) is 2.97. The minimum Gasteiger partial charge on any atom is -0.463 e. The van der Waals surface area contributed by atoms with E-state index in [1.165, 1.54) is 6.92 Å². The first-order chi connectivity index (χ1) is 14.5. The van der Waals surface area contributed by atoms with E-state index in [0.29, 0.717) is 0 Å². The lowest BCUT2D eigenvalue weighted by molar-refractivity contribution is -0.385. The highest BCUT2D eigenvalue weighted by atomic mass is 16.8. The van der Waals surface area contributed by atoms with Gasteiger partial charge in [0.15, 0.2) is 18.3 Å². The van der Waals surface area contributed by atoms with Crippen molar-refractivity contribution in [3.8, 4) is 0 Å². The monoisotopic (exact) mass is 444 g/mol. The van der Waals surface area contributed by atoms with E-state index < -0.39 is 78.7 Å². The maximum atomic E-state index is 12.5. The van der Waals surface area contributed by atoms with Crippen molar-refractivity contribution in [2.75, 3.05) is 13.2 Å². The van der Waals surface area contributed by atoms with E-state index in [2.05, 4.69) is 0 Å². The molecule has 3 fully saturated rings. The largest absolute Gasteiger partial charge is 0.463 e. The molecule has 12 nitrogen and oxygen atoms in total. The van der Waals surface area contributed by atoms with Gasteiger partial charge in [-0.1, -0.05) is 0 Å². The molecule has 0 aliphatic carbocycles. The van der Waals surface area contributed by atoms with E-state index >= 15 is 0 Å². The molecular formula is C19H24O12. The Bertz CT molecular complexity index is 778. The van der Waals surface area contributed by atoms with Crippen molar-refractivity contribution < 1.29 is 57.1 Å². The smallest absolute Gasteiger partial charge is 0.315 e. The van der Waals surface area contributed by atoms with Gasteiger partial charge in [0.1, 0.15) is 24.7 Å². The molecule has 0 N–H and O–H groups in total. The first-order valence-electron chi connectivity index (χ1n) is 9.70. The van der Waals surface area contributed by atoms with Gasteiger partial charge in [-0.05, 0) is 0 Å². The van der Waals surface area contributed by atoms with E-state index in [0.717, 1.165) is 20.8 Å². The summed E-state index contributed by atoms with van der Waals surface area (Å²) in [6, 6.07) is 0. The molecule has 3 saturated heterocycles. The van der Waals surface area contributed by atoms with Gasteiger partial charge in [0, 0.05) is 34.1 Å². The lowest BCUT2D eigenvalue weighted by Crippen LogP contribution is -2.72. The van der Waals surface area contributed by atoms with Crippen LogP contribution in [0.5, 0.6) is 0 Å². The third kappa shape index (κ3) is 4.64. The third-order valence-electron chi connectivity index (χ3n) is 5.12. The van der Waals surface area contributed by atoms with E-state index in [9.17, 15) is 24.0 Å². The molecule has 31 heavy (non-hydrogen) atoms. The molecule has 3 rings (SSSR count). The Hall–Kier alpha value is -2.73. The number of hydrogen-bond donors (Lipinski definition) is 0. The summed E-state index contributed by atoms with van der Waals surface area (Å²) < 4.78 is 38.3. The van der Waals surface area contributed by atoms with E-state index in [1.54, 1.807) is 0 Å². The fraction of sp³-hybridized carbons (Fsp3) is 0.737. The summed E-state index contributed by atoms with van der Waals surface area (Å²) in [7, 11) is 0. The number of rotatable bonds is 5. The number of carbonyl (C=O) groups is 5. The Morgan fingerprint density at radius 2 is 1.55 bits per heavy atom. The molecule has 0 saturated carbocycles. The van der Waals surface area contributed by atoms with Gasteiger partial charge in [-0.3, -0.25) is 24.0 Å². The molecule has 0 aromatic heterocycles. The van der Waals surface area contributed by atoms with Crippen molar-refractivity contribution in [1.82, 2.24) is 0 Å². The summed E-state index contributed by atoms with van der Waals surface area (Å²) in [5.41, 5.74) is 0. The predicted molar refractivity (Wildman–Crippen MR) is 94.8 cm³/mol. The number of fused-ring (bicyclic) bond motifs is 3. The molecule has 0 amide bonds. The van der Waals surface area contributed by atoms with Crippen LogP contribution in [0.4, 0.5) is 0 Å². The molecule has 0 unspecified atom stereocenters. The molecule has 3 aliphatic rings. The van der Waals surface area contributed by atoms with E-state index in [4.69, 9.17) is 33.2 Å². The van der Waals surface area contributed by atoms with Crippen LogP contribution in [0.1, 0.15) is 34.1 Å². The topological polar surface area (TPSA) is 150 Å². The Morgan fingerprint density at radius 3 is 2.13 bits per heavy atom. The van der Waals surface area contributed by atoms with Crippen LogP contribution in [0.2, 0.25) is 0 Å². The van der Waals surface area contributed by atoms with Gasteiger partial charge >= 0.3 is 29.8 Å². The molecule has 2 bridgehead atoms. The molecule has 3 aliphatic heterocycles. The van der Waals surface area contributed by atoms with Crippen LogP contribution in [0.3, 0.4) is 0 Å². The second-order valence-corrected chi connectivity index (χ2v) is 7.52. The minimum atomic E-state index is -1.91. The van der Waals surface area contributed by atoms with E-state index in [1.807, 2.05) is 0 Å². The molecular weight excluding hydrogens is 420 g/mol.